The van der Waals surface area contributed by atoms with E-state index in [4.69, 9.17) is 0 Å². The summed E-state index contributed by atoms with van der Waals surface area (Å²) in [7, 11) is 0. The van der Waals surface area contributed by atoms with Crippen molar-refractivity contribution in [3.05, 3.63) is 107 Å². The largest absolute Gasteiger partial charge is 0.124 e. The molecule has 0 heteroatoms. The molecule has 0 heterocycles. The maximum atomic E-state index is 4.00. The zero-order valence-corrected chi connectivity index (χ0v) is 19.0. The number of rotatable bonds is 3. The van der Waals surface area contributed by atoms with Crippen molar-refractivity contribution in [2.45, 2.75) is 48.0 Å². The Morgan fingerprint density at radius 2 is 1.55 bits per heavy atom. The van der Waals surface area contributed by atoms with Crippen molar-refractivity contribution in [3.63, 3.8) is 0 Å². The van der Waals surface area contributed by atoms with Crippen LogP contribution in [0.15, 0.2) is 85.0 Å². The fourth-order valence-electron chi connectivity index (χ4n) is 3.09. The third-order valence-electron chi connectivity index (χ3n) is 4.49. The van der Waals surface area contributed by atoms with Gasteiger partial charge in [0.05, 0.1) is 0 Å². The van der Waals surface area contributed by atoms with Crippen molar-refractivity contribution in [1.29, 1.82) is 0 Å². The maximum absolute atomic E-state index is 4.00. The normalized spacial score (nSPS) is 11.9. The summed E-state index contributed by atoms with van der Waals surface area (Å²) in [5.74, 6) is 0. The highest BCUT2D eigenvalue weighted by Crippen LogP contribution is 2.35. The lowest BCUT2D eigenvalue weighted by molar-refractivity contribution is 1.25. The van der Waals surface area contributed by atoms with Gasteiger partial charge in [-0.1, -0.05) is 104 Å². The quantitative estimate of drug-likeness (QED) is 0.367. The van der Waals surface area contributed by atoms with Crippen molar-refractivity contribution < 1.29 is 0 Å². The van der Waals surface area contributed by atoms with Crippen LogP contribution in [-0.2, 0) is 0 Å². The van der Waals surface area contributed by atoms with E-state index in [1.807, 2.05) is 38.1 Å². The van der Waals surface area contributed by atoms with E-state index in [1.54, 1.807) is 0 Å². The Morgan fingerprint density at radius 1 is 0.931 bits per heavy atom. The first-order chi connectivity index (χ1) is 14.1. The molecule has 152 valence electrons. The van der Waals surface area contributed by atoms with E-state index in [9.17, 15) is 0 Å². The Kier molecular flexibility index (Phi) is 13.4. The van der Waals surface area contributed by atoms with Crippen LogP contribution in [0.3, 0.4) is 0 Å². The van der Waals surface area contributed by atoms with Crippen LogP contribution in [0.25, 0.3) is 11.1 Å². The van der Waals surface area contributed by atoms with Crippen LogP contribution < -0.4 is 0 Å². The average molecular weight is 385 g/mol. The summed E-state index contributed by atoms with van der Waals surface area (Å²) in [6, 6.07) is 16.8. The van der Waals surface area contributed by atoms with Crippen LogP contribution in [0, 0.1) is 26.7 Å². The van der Waals surface area contributed by atoms with Crippen molar-refractivity contribution in [2.75, 3.05) is 0 Å². The van der Waals surface area contributed by atoms with E-state index in [0.717, 1.165) is 6.42 Å². The van der Waals surface area contributed by atoms with Crippen molar-refractivity contribution >= 4 is 11.1 Å². The summed E-state index contributed by atoms with van der Waals surface area (Å²) >= 11 is 0. The minimum Gasteiger partial charge on any atom is -0.124 e. The third-order valence-corrected chi connectivity index (χ3v) is 4.49. The van der Waals surface area contributed by atoms with E-state index < -0.39 is 0 Å². The van der Waals surface area contributed by atoms with Crippen LogP contribution in [0.2, 0.25) is 0 Å². The Bertz CT molecular complexity index is 855. The Labute approximate surface area is 179 Å². The van der Waals surface area contributed by atoms with Gasteiger partial charge in [-0.05, 0) is 62.0 Å². The molecule has 0 unspecified atom stereocenters. The molecule has 1 aliphatic carbocycles. The van der Waals surface area contributed by atoms with Gasteiger partial charge in [0, 0.05) is 0 Å². The number of hydrogen-bond acceptors (Lipinski definition) is 0. The molecular formula is C29H36. The lowest BCUT2D eigenvalue weighted by atomic mass is 9.89. The van der Waals surface area contributed by atoms with Crippen LogP contribution in [0.1, 0.15) is 56.4 Å². The Hall–Kier alpha value is -3.04. The van der Waals surface area contributed by atoms with Gasteiger partial charge in [0.2, 0.25) is 0 Å². The van der Waals surface area contributed by atoms with Gasteiger partial charge in [0.15, 0.2) is 0 Å². The average Bonchev–Trinajstić information content (AvgIpc) is 3.18. The second-order valence-electron chi connectivity index (χ2n) is 6.40. The fourth-order valence-corrected chi connectivity index (χ4v) is 3.09. The second kappa shape index (κ2) is 14.9. The van der Waals surface area contributed by atoms with Crippen LogP contribution in [0.5, 0.6) is 0 Å². The summed E-state index contributed by atoms with van der Waals surface area (Å²) in [5, 5.41) is 0. The molecule has 0 aromatic heterocycles. The highest BCUT2D eigenvalue weighted by atomic mass is 14.2. The van der Waals surface area contributed by atoms with Crippen molar-refractivity contribution in [2.24, 2.45) is 0 Å². The maximum Gasteiger partial charge on any atom is -0.00768 e. The molecule has 0 aliphatic heterocycles. The monoisotopic (exact) mass is 384 g/mol. The van der Waals surface area contributed by atoms with E-state index in [-0.39, 0.29) is 0 Å². The number of aryl methyl sites for hydroxylation is 2. The van der Waals surface area contributed by atoms with Gasteiger partial charge < -0.3 is 0 Å². The van der Waals surface area contributed by atoms with E-state index in [1.165, 1.54) is 39.0 Å². The fraction of sp³-hybridized carbons (Fsp3) is 0.241. The van der Waals surface area contributed by atoms with Gasteiger partial charge in [0.25, 0.3) is 0 Å². The molecule has 0 fully saturated rings. The molecule has 0 saturated heterocycles. The molecule has 0 N–H and O–H groups in total. The molecule has 29 heavy (non-hydrogen) atoms. The molecule has 0 bridgehead atoms. The Morgan fingerprint density at radius 3 is 1.97 bits per heavy atom. The highest BCUT2D eigenvalue weighted by molar-refractivity contribution is 5.90. The molecule has 0 atom stereocenters. The van der Waals surface area contributed by atoms with E-state index >= 15 is 0 Å². The van der Waals surface area contributed by atoms with E-state index in [0.29, 0.717) is 0 Å². The molecule has 3 rings (SSSR count). The van der Waals surface area contributed by atoms with Crippen molar-refractivity contribution in [1.82, 2.24) is 0 Å². The minimum atomic E-state index is 1.07. The molecule has 2 aromatic rings. The first kappa shape index (κ1) is 26.0. The summed E-state index contributed by atoms with van der Waals surface area (Å²) in [6.45, 7) is 16.5. The lowest BCUT2D eigenvalue weighted by Gasteiger charge is -2.15. The van der Waals surface area contributed by atoms with E-state index in [2.05, 4.69) is 95.7 Å². The first-order valence-electron chi connectivity index (χ1n) is 10.2. The van der Waals surface area contributed by atoms with Gasteiger partial charge in [-0.3, -0.25) is 0 Å². The van der Waals surface area contributed by atoms with Gasteiger partial charge in [0.1, 0.15) is 0 Å². The minimum absolute atomic E-state index is 1.07. The molecule has 2 aromatic carbocycles. The van der Waals surface area contributed by atoms with Crippen molar-refractivity contribution in [3.8, 4) is 12.8 Å². The van der Waals surface area contributed by atoms with Crippen LogP contribution in [-0.4, -0.2) is 0 Å². The Balaban J connectivity index is 0.000000593. The first-order valence-corrected chi connectivity index (χ1v) is 10.2. The summed E-state index contributed by atoms with van der Waals surface area (Å²) in [5.41, 5.74) is 9.32. The topological polar surface area (TPSA) is 0 Å². The predicted molar refractivity (Wildman–Crippen MR) is 134 cm³/mol. The number of hydrogen-bond donors (Lipinski definition) is 0. The molecule has 0 spiro atoms. The molecule has 0 radical (unpaired) electrons. The molecule has 1 aliphatic rings. The molecule has 0 nitrogen and oxygen atoms in total. The number of terminal acetylenes is 1. The summed E-state index contributed by atoms with van der Waals surface area (Å²) in [6.07, 6.45) is 17.6. The SMILES string of the molecule is C#C.C=C/C(=C\C)c1cccc(C)c1C1=C(C)CC=C1.CC.Cc1ccccc1. The zero-order chi connectivity index (χ0) is 22.2. The molecule has 0 amide bonds. The van der Waals surface area contributed by atoms with Gasteiger partial charge in [-0.25, -0.2) is 0 Å². The third kappa shape index (κ3) is 7.84. The smallest absolute Gasteiger partial charge is 0.00768 e. The van der Waals surface area contributed by atoms with Gasteiger partial charge >= 0.3 is 0 Å². The lowest BCUT2D eigenvalue weighted by Crippen LogP contribution is -1.95. The predicted octanol–water partition coefficient (Wildman–Crippen LogP) is 8.59. The molecular weight excluding hydrogens is 348 g/mol. The summed E-state index contributed by atoms with van der Waals surface area (Å²) in [4.78, 5) is 0. The molecule has 0 saturated carbocycles. The number of benzene rings is 2. The summed E-state index contributed by atoms with van der Waals surface area (Å²) < 4.78 is 0. The van der Waals surface area contributed by atoms with Crippen LogP contribution >= 0.6 is 0 Å². The second-order valence-corrected chi connectivity index (χ2v) is 6.40. The zero-order valence-electron chi connectivity index (χ0n) is 19.0. The van der Waals surface area contributed by atoms with Gasteiger partial charge in [-0.2, -0.15) is 0 Å². The number of allylic oxidation sites excluding steroid dienone is 7. The highest BCUT2D eigenvalue weighted by Gasteiger charge is 2.14. The van der Waals surface area contributed by atoms with Crippen LogP contribution in [0.4, 0.5) is 0 Å². The van der Waals surface area contributed by atoms with Gasteiger partial charge in [-0.15, -0.1) is 12.8 Å². The standard InChI is InChI=1S/C18H20.C7H8.C2H6.C2H2/c1-5-15(6-2)17-12-8-10-14(4)18(17)16-11-7-9-13(16)3;1-7-5-3-2-4-6-7;2*1-2/h5-8,10-12H,1,9H2,2-4H3;2-6H,1H3;1-2H3;1-2H/b15-6+;;;.